The fourth-order valence-electron chi connectivity index (χ4n) is 4.36. The number of nitrogens with one attached hydrogen (secondary N) is 1. The summed E-state index contributed by atoms with van der Waals surface area (Å²) in [7, 11) is 0. The molecule has 4 aromatic carbocycles. The molecule has 0 aliphatic carbocycles. The number of ether oxygens (including phenoxy) is 1. The van der Waals surface area contributed by atoms with E-state index in [1.54, 1.807) is 12.1 Å². The second kappa shape index (κ2) is 11.4. The number of carbonyl (C=O) groups excluding carboxylic acids is 2. The zero-order valence-corrected chi connectivity index (χ0v) is 20.5. The van der Waals surface area contributed by atoms with Crippen LogP contribution in [-0.4, -0.2) is 42.9 Å². The van der Waals surface area contributed by atoms with Crippen molar-refractivity contribution in [2.45, 2.75) is 6.61 Å². The molecule has 1 saturated heterocycles. The van der Waals surface area contributed by atoms with Crippen LogP contribution in [0.5, 0.6) is 5.75 Å². The average molecular weight is 492 g/mol. The molecule has 0 unspecified atom stereocenters. The Hall–Kier alpha value is -4.58. The summed E-state index contributed by atoms with van der Waals surface area (Å²) in [6.45, 7) is 3.33. The van der Waals surface area contributed by atoms with Gasteiger partial charge in [-0.15, -0.1) is 0 Å². The molecule has 4 aromatic rings. The van der Waals surface area contributed by atoms with E-state index < -0.39 is 0 Å². The lowest BCUT2D eigenvalue weighted by Crippen LogP contribution is -2.48. The van der Waals surface area contributed by atoms with Gasteiger partial charge in [0.25, 0.3) is 11.8 Å². The van der Waals surface area contributed by atoms with Gasteiger partial charge in [-0.1, -0.05) is 54.6 Å². The van der Waals surface area contributed by atoms with Gasteiger partial charge in [-0.2, -0.15) is 0 Å². The molecule has 186 valence electrons. The molecule has 0 aromatic heterocycles. The van der Waals surface area contributed by atoms with E-state index in [0.717, 1.165) is 35.6 Å². The van der Waals surface area contributed by atoms with Gasteiger partial charge < -0.3 is 19.9 Å². The maximum Gasteiger partial charge on any atom is 0.255 e. The number of amides is 2. The fraction of sp³-hybridized carbons (Fsp3) is 0.161. The first-order valence-corrected chi connectivity index (χ1v) is 12.4. The zero-order valence-electron chi connectivity index (χ0n) is 20.5. The molecular weight excluding hydrogens is 462 g/mol. The summed E-state index contributed by atoms with van der Waals surface area (Å²) in [5.74, 6) is 0.538. The highest BCUT2D eigenvalue weighted by Crippen LogP contribution is 2.22. The van der Waals surface area contributed by atoms with Gasteiger partial charge in [0.15, 0.2) is 0 Å². The SMILES string of the molecule is O=C(Nc1ccc(N2CCN(C(=O)c3ccccc3)CC2)cc1)c1cccc(OCc2ccccc2)c1. The Labute approximate surface area is 217 Å². The molecule has 6 nitrogen and oxygen atoms in total. The molecule has 2 amide bonds. The highest BCUT2D eigenvalue weighted by molar-refractivity contribution is 6.04. The normalized spacial score (nSPS) is 13.2. The zero-order chi connectivity index (χ0) is 25.5. The molecule has 1 aliphatic rings. The lowest BCUT2D eigenvalue weighted by Gasteiger charge is -2.36. The Bertz CT molecular complexity index is 1330. The van der Waals surface area contributed by atoms with Gasteiger partial charge in [-0.05, 0) is 60.2 Å². The molecule has 1 fully saturated rings. The van der Waals surface area contributed by atoms with Crippen molar-refractivity contribution in [1.29, 1.82) is 0 Å². The number of carbonyl (C=O) groups is 2. The molecular formula is C31H29N3O3. The van der Waals surface area contributed by atoms with Gasteiger partial charge in [0.05, 0.1) is 0 Å². The maximum absolute atomic E-state index is 12.8. The molecule has 5 rings (SSSR count). The number of rotatable bonds is 7. The number of hydrogen-bond acceptors (Lipinski definition) is 4. The molecule has 1 aliphatic heterocycles. The fourth-order valence-corrected chi connectivity index (χ4v) is 4.36. The Kier molecular flexibility index (Phi) is 7.46. The predicted molar refractivity (Wildman–Crippen MR) is 146 cm³/mol. The van der Waals surface area contributed by atoms with Crippen molar-refractivity contribution < 1.29 is 14.3 Å². The lowest BCUT2D eigenvalue weighted by atomic mass is 10.1. The summed E-state index contributed by atoms with van der Waals surface area (Å²) in [4.78, 5) is 29.7. The smallest absolute Gasteiger partial charge is 0.255 e. The van der Waals surface area contributed by atoms with Crippen molar-refractivity contribution in [2.24, 2.45) is 0 Å². The highest BCUT2D eigenvalue weighted by Gasteiger charge is 2.22. The summed E-state index contributed by atoms with van der Waals surface area (Å²) >= 11 is 0. The van der Waals surface area contributed by atoms with Crippen LogP contribution in [-0.2, 0) is 6.61 Å². The second-order valence-electron chi connectivity index (χ2n) is 8.95. The van der Waals surface area contributed by atoms with Crippen molar-refractivity contribution in [3.8, 4) is 5.75 Å². The Morgan fingerprint density at radius 2 is 1.35 bits per heavy atom. The minimum Gasteiger partial charge on any atom is -0.489 e. The predicted octanol–water partition coefficient (Wildman–Crippen LogP) is 5.48. The Morgan fingerprint density at radius 1 is 0.703 bits per heavy atom. The van der Waals surface area contributed by atoms with Crippen molar-refractivity contribution in [3.63, 3.8) is 0 Å². The van der Waals surface area contributed by atoms with E-state index in [1.165, 1.54) is 0 Å². The van der Waals surface area contributed by atoms with Crippen LogP contribution in [0.25, 0.3) is 0 Å². The van der Waals surface area contributed by atoms with Crippen LogP contribution in [0.15, 0.2) is 109 Å². The molecule has 0 radical (unpaired) electrons. The monoisotopic (exact) mass is 491 g/mol. The van der Waals surface area contributed by atoms with Gasteiger partial charge in [0, 0.05) is 48.7 Å². The van der Waals surface area contributed by atoms with Gasteiger partial charge in [0.1, 0.15) is 12.4 Å². The van der Waals surface area contributed by atoms with Crippen LogP contribution in [0.4, 0.5) is 11.4 Å². The summed E-state index contributed by atoms with van der Waals surface area (Å²) in [5, 5.41) is 2.96. The molecule has 0 atom stereocenters. The summed E-state index contributed by atoms with van der Waals surface area (Å²) in [5.41, 5.74) is 4.13. The first kappa shape index (κ1) is 24.1. The molecule has 0 saturated carbocycles. The third-order valence-corrected chi connectivity index (χ3v) is 6.42. The molecule has 1 heterocycles. The quantitative estimate of drug-likeness (QED) is 0.372. The minimum absolute atomic E-state index is 0.0767. The van der Waals surface area contributed by atoms with Crippen LogP contribution in [0.2, 0.25) is 0 Å². The Morgan fingerprint density at radius 3 is 2.05 bits per heavy atom. The van der Waals surface area contributed by atoms with E-state index in [1.807, 2.05) is 102 Å². The van der Waals surface area contributed by atoms with Crippen LogP contribution < -0.4 is 15.0 Å². The topological polar surface area (TPSA) is 61.9 Å². The average Bonchev–Trinajstić information content (AvgIpc) is 2.97. The van der Waals surface area contributed by atoms with Crippen molar-refractivity contribution >= 4 is 23.2 Å². The van der Waals surface area contributed by atoms with Gasteiger partial charge >= 0.3 is 0 Å². The van der Waals surface area contributed by atoms with E-state index in [-0.39, 0.29) is 11.8 Å². The summed E-state index contributed by atoms with van der Waals surface area (Å²) in [6.07, 6.45) is 0. The first-order chi connectivity index (χ1) is 18.2. The van der Waals surface area contributed by atoms with Gasteiger partial charge in [0.2, 0.25) is 0 Å². The third-order valence-electron chi connectivity index (χ3n) is 6.42. The van der Waals surface area contributed by atoms with E-state index in [2.05, 4.69) is 10.2 Å². The lowest BCUT2D eigenvalue weighted by molar-refractivity contribution is 0.0746. The summed E-state index contributed by atoms with van der Waals surface area (Å²) in [6, 6.07) is 34.3. The molecule has 37 heavy (non-hydrogen) atoms. The van der Waals surface area contributed by atoms with Crippen LogP contribution >= 0.6 is 0 Å². The summed E-state index contributed by atoms with van der Waals surface area (Å²) < 4.78 is 5.85. The largest absolute Gasteiger partial charge is 0.489 e. The van der Waals surface area contributed by atoms with Crippen molar-refractivity contribution in [1.82, 2.24) is 4.90 Å². The first-order valence-electron chi connectivity index (χ1n) is 12.4. The Balaban J connectivity index is 1.14. The standard InChI is InChI=1S/C31H29N3O3/c35-30(26-12-7-13-29(22-26)37-23-24-8-3-1-4-9-24)32-27-14-16-28(17-15-27)33-18-20-34(21-19-33)31(36)25-10-5-2-6-11-25/h1-17,22H,18-21,23H2,(H,32,35). The van der Waals surface area contributed by atoms with Crippen LogP contribution in [0, 0.1) is 0 Å². The van der Waals surface area contributed by atoms with Crippen molar-refractivity contribution in [3.05, 3.63) is 126 Å². The number of benzene rings is 4. The van der Waals surface area contributed by atoms with E-state index in [0.29, 0.717) is 31.0 Å². The van der Waals surface area contributed by atoms with E-state index in [4.69, 9.17) is 4.74 Å². The number of hydrogen-bond donors (Lipinski definition) is 1. The van der Waals surface area contributed by atoms with E-state index >= 15 is 0 Å². The van der Waals surface area contributed by atoms with Crippen LogP contribution in [0.1, 0.15) is 26.3 Å². The number of anilines is 2. The molecule has 0 bridgehead atoms. The molecule has 0 spiro atoms. The number of piperazine rings is 1. The van der Waals surface area contributed by atoms with Crippen molar-refractivity contribution in [2.75, 3.05) is 36.4 Å². The van der Waals surface area contributed by atoms with E-state index in [9.17, 15) is 9.59 Å². The number of nitrogens with zero attached hydrogens (tertiary/aromatic N) is 2. The highest BCUT2D eigenvalue weighted by atomic mass is 16.5. The van der Waals surface area contributed by atoms with Gasteiger partial charge in [-0.3, -0.25) is 9.59 Å². The maximum atomic E-state index is 12.8. The minimum atomic E-state index is -0.189. The molecule has 1 N–H and O–H groups in total. The van der Waals surface area contributed by atoms with Crippen LogP contribution in [0.3, 0.4) is 0 Å². The molecule has 6 heteroatoms. The van der Waals surface area contributed by atoms with Gasteiger partial charge in [-0.25, -0.2) is 0 Å². The second-order valence-corrected chi connectivity index (χ2v) is 8.95. The third kappa shape index (κ3) is 6.16.